The molecule has 1 fully saturated rings. The van der Waals surface area contributed by atoms with Crippen molar-refractivity contribution in [1.29, 1.82) is 0 Å². The molecule has 0 amide bonds. The van der Waals surface area contributed by atoms with Crippen LogP contribution in [0, 0.1) is 0 Å². The minimum atomic E-state index is -4.90. The first kappa shape index (κ1) is 35.4. The van der Waals surface area contributed by atoms with Crippen molar-refractivity contribution >= 4 is 27.8 Å². The van der Waals surface area contributed by atoms with Crippen LogP contribution in [0.25, 0.3) is 0 Å². The van der Waals surface area contributed by atoms with Crippen LogP contribution in [-0.4, -0.2) is 57.9 Å². The van der Waals surface area contributed by atoms with Crippen molar-refractivity contribution in [3.63, 3.8) is 0 Å². The van der Waals surface area contributed by atoms with Gasteiger partial charge in [-0.25, -0.2) is 4.89 Å². The summed E-state index contributed by atoms with van der Waals surface area (Å²) >= 11 is 1.79. The zero-order valence-corrected chi connectivity index (χ0v) is 25.8. The topological polar surface area (TPSA) is 82.1 Å². The number of halogens is 2. The Morgan fingerprint density at radius 3 is 1.79 bits per heavy atom. The number of likely N-dealkylation sites (tertiary alicyclic amines) is 1. The fraction of sp³-hybridized carbons (Fsp3) is 0.387. The summed E-state index contributed by atoms with van der Waals surface area (Å²) in [5, 5.41) is -3.93. The van der Waals surface area contributed by atoms with Crippen LogP contribution >= 0.6 is 11.8 Å². The van der Waals surface area contributed by atoms with Gasteiger partial charge in [-0.15, -0.1) is 4.33 Å². The molecule has 1 aliphatic heterocycles. The first-order valence-electron chi connectivity index (χ1n) is 13.6. The Morgan fingerprint density at radius 1 is 0.881 bits per heavy atom. The van der Waals surface area contributed by atoms with Gasteiger partial charge >= 0.3 is 21.3 Å². The number of ether oxygens (including phenoxy) is 1. The Labute approximate surface area is 252 Å². The Morgan fingerprint density at radius 2 is 1.36 bits per heavy atom. The van der Waals surface area contributed by atoms with E-state index in [2.05, 4.69) is 81.7 Å². The molecule has 4 rings (SSSR count). The van der Waals surface area contributed by atoms with Gasteiger partial charge in [-0.3, -0.25) is 9.69 Å². The van der Waals surface area contributed by atoms with Crippen molar-refractivity contribution in [3.8, 4) is 0 Å². The summed E-state index contributed by atoms with van der Waals surface area (Å²) in [4.78, 5) is 20.1. The Hall–Kier alpha value is -2.83. The van der Waals surface area contributed by atoms with Crippen LogP contribution in [0.15, 0.2) is 101 Å². The highest BCUT2D eigenvalue weighted by atomic mass is 32.2. The standard InChI is InChI=1S/C16H23NO2.C12H10S.C3H6F2O4S/c1-14(15-8-4-2-5-9-15)13-19-16(18)12-17-10-6-3-7-11-17;1-3-7-11(8-4-1)13-12-9-5-2-6-10-12;1-3(4,5)10(6,7)9-8-2/h2,4-5,8-9,14H,3,6-7,10-13H2,1H3;1-10H;1-2H3. The fourth-order valence-corrected chi connectivity index (χ4v) is 4.86. The highest BCUT2D eigenvalue weighted by Crippen LogP contribution is 2.26. The highest BCUT2D eigenvalue weighted by molar-refractivity contribution is 7.99. The summed E-state index contributed by atoms with van der Waals surface area (Å²) in [6.45, 7) is 5.26. The van der Waals surface area contributed by atoms with E-state index in [1.54, 1.807) is 11.8 Å². The number of piperidine rings is 1. The van der Waals surface area contributed by atoms with E-state index in [0.717, 1.165) is 20.2 Å². The minimum absolute atomic E-state index is 0.0929. The molecule has 11 heteroatoms. The van der Waals surface area contributed by atoms with Gasteiger partial charge in [0, 0.05) is 22.6 Å². The molecule has 1 saturated heterocycles. The molecule has 1 heterocycles. The number of rotatable bonds is 10. The van der Waals surface area contributed by atoms with Gasteiger partial charge in [-0.2, -0.15) is 17.2 Å². The van der Waals surface area contributed by atoms with Crippen LogP contribution in [0.5, 0.6) is 0 Å². The van der Waals surface area contributed by atoms with E-state index in [0.29, 0.717) is 13.2 Å². The van der Waals surface area contributed by atoms with E-state index in [4.69, 9.17) is 4.74 Å². The maximum atomic E-state index is 11.9. The molecule has 0 saturated carbocycles. The lowest BCUT2D eigenvalue weighted by Gasteiger charge is -2.25. The number of carbonyl (C=O) groups excluding carboxylic acids is 1. The van der Waals surface area contributed by atoms with Crippen molar-refractivity contribution < 1.29 is 36.0 Å². The summed E-state index contributed by atoms with van der Waals surface area (Å²) in [6, 6.07) is 31.0. The quantitative estimate of drug-likeness (QED) is 0.134. The van der Waals surface area contributed by atoms with Crippen LogP contribution in [0.4, 0.5) is 8.78 Å². The minimum Gasteiger partial charge on any atom is -0.464 e. The van der Waals surface area contributed by atoms with E-state index in [-0.39, 0.29) is 18.8 Å². The average molecular weight is 624 g/mol. The third-order valence-corrected chi connectivity index (χ3v) is 8.19. The van der Waals surface area contributed by atoms with E-state index < -0.39 is 15.4 Å². The van der Waals surface area contributed by atoms with Crippen molar-refractivity contribution in [2.75, 3.05) is 33.4 Å². The predicted molar refractivity (Wildman–Crippen MR) is 161 cm³/mol. The molecular weight excluding hydrogens is 584 g/mol. The smallest absolute Gasteiger partial charge is 0.369 e. The van der Waals surface area contributed by atoms with E-state index in [1.807, 2.05) is 30.3 Å². The Balaban J connectivity index is 0.000000234. The predicted octanol–water partition coefficient (Wildman–Crippen LogP) is 7.16. The molecule has 1 aliphatic rings. The molecular formula is C31H39F2NO6S2. The van der Waals surface area contributed by atoms with Crippen molar-refractivity contribution in [3.05, 3.63) is 96.6 Å². The maximum absolute atomic E-state index is 11.9. The monoisotopic (exact) mass is 623 g/mol. The molecule has 0 spiro atoms. The van der Waals surface area contributed by atoms with E-state index >= 15 is 0 Å². The third kappa shape index (κ3) is 13.9. The van der Waals surface area contributed by atoms with Crippen LogP contribution in [0.1, 0.15) is 44.6 Å². The molecule has 0 bridgehead atoms. The Bertz CT molecular complexity index is 1220. The van der Waals surface area contributed by atoms with Gasteiger partial charge in [0.05, 0.1) is 20.3 Å². The van der Waals surface area contributed by atoms with Crippen LogP contribution in [0.3, 0.4) is 0 Å². The number of esters is 1. The number of alkyl halides is 2. The SMILES string of the molecule is CC(COC(=O)CN1CCCCC1)c1ccccc1.COOS(=O)(=O)C(C)(F)F.c1ccc(Sc2ccccc2)cc1. The second-order valence-electron chi connectivity index (χ2n) is 9.56. The molecule has 1 atom stereocenters. The van der Waals surface area contributed by atoms with Crippen molar-refractivity contribution in [1.82, 2.24) is 4.90 Å². The molecule has 0 aliphatic carbocycles. The summed E-state index contributed by atoms with van der Waals surface area (Å²) in [5.74, 6) is 0.163. The number of benzene rings is 3. The molecule has 0 aromatic heterocycles. The lowest BCUT2D eigenvalue weighted by atomic mass is 10.0. The molecule has 230 valence electrons. The molecule has 3 aromatic carbocycles. The second-order valence-corrected chi connectivity index (χ2v) is 12.5. The Kier molecular flexibility index (Phi) is 15.7. The maximum Gasteiger partial charge on any atom is 0.369 e. The molecule has 1 unspecified atom stereocenters. The summed E-state index contributed by atoms with van der Waals surface area (Å²) in [5.41, 5.74) is 1.22. The second kappa shape index (κ2) is 18.7. The number of carbonyl (C=O) groups is 1. The lowest BCUT2D eigenvalue weighted by Crippen LogP contribution is -2.35. The number of hydrogen-bond acceptors (Lipinski definition) is 8. The number of hydrogen-bond donors (Lipinski definition) is 0. The molecule has 7 nitrogen and oxygen atoms in total. The fourth-order valence-electron chi connectivity index (χ4n) is 3.70. The summed E-state index contributed by atoms with van der Waals surface area (Å²) in [6.07, 6.45) is 3.69. The number of nitrogens with zero attached hydrogens (tertiary/aromatic N) is 1. The average Bonchev–Trinajstić information content (AvgIpc) is 2.98. The first-order valence-corrected chi connectivity index (χ1v) is 15.8. The molecule has 3 aromatic rings. The van der Waals surface area contributed by atoms with Gasteiger partial charge in [0.1, 0.15) is 0 Å². The van der Waals surface area contributed by atoms with E-state index in [9.17, 15) is 22.0 Å². The zero-order valence-electron chi connectivity index (χ0n) is 24.2. The molecule has 42 heavy (non-hydrogen) atoms. The van der Waals surface area contributed by atoms with E-state index in [1.165, 1.54) is 34.6 Å². The lowest BCUT2D eigenvalue weighted by molar-refractivity contribution is -0.179. The van der Waals surface area contributed by atoms with Gasteiger partial charge in [0.15, 0.2) is 0 Å². The van der Waals surface area contributed by atoms with Crippen LogP contribution in [-0.2, 0) is 28.9 Å². The van der Waals surface area contributed by atoms with Gasteiger partial charge in [-0.05, 0) is 55.8 Å². The van der Waals surface area contributed by atoms with Crippen molar-refractivity contribution in [2.24, 2.45) is 0 Å². The van der Waals surface area contributed by atoms with Crippen molar-refractivity contribution in [2.45, 2.75) is 54.1 Å². The summed E-state index contributed by atoms with van der Waals surface area (Å²) in [7, 11) is -4.08. The zero-order chi connectivity index (χ0) is 30.8. The van der Waals surface area contributed by atoms with Gasteiger partial charge in [0.2, 0.25) is 0 Å². The molecule has 0 N–H and O–H groups in total. The molecule has 0 radical (unpaired) electrons. The summed E-state index contributed by atoms with van der Waals surface area (Å²) < 4.78 is 52.8. The highest BCUT2D eigenvalue weighted by Gasteiger charge is 2.41. The normalized spacial score (nSPS) is 14.4. The van der Waals surface area contributed by atoms with Gasteiger partial charge < -0.3 is 4.74 Å². The third-order valence-electron chi connectivity index (χ3n) is 5.98. The van der Waals surface area contributed by atoms with Crippen LogP contribution < -0.4 is 0 Å². The van der Waals surface area contributed by atoms with Gasteiger partial charge in [-0.1, -0.05) is 91.8 Å². The van der Waals surface area contributed by atoms with Gasteiger partial charge in [0.25, 0.3) is 0 Å². The largest absolute Gasteiger partial charge is 0.464 e. The van der Waals surface area contributed by atoms with Crippen LogP contribution in [0.2, 0.25) is 0 Å². The first-order chi connectivity index (χ1) is 20.0.